The number of rotatable bonds is 4. The first kappa shape index (κ1) is 14.7. The summed E-state index contributed by atoms with van der Waals surface area (Å²) in [6.45, 7) is 1.17. The molecule has 1 aromatic rings. The number of nitrogens with zero attached hydrogens (tertiary/aromatic N) is 2. The number of nitrogen functional groups attached to an aromatic ring is 1. The molecular weight excluding hydrogens is 263 g/mol. The third-order valence-corrected chi connectivity index (χ3v) is 3.35. The second-order valence-corrected chi connectivity index (χ2v) is 4.84. The van der Waals surface area contributed by atoms with Gasteiger partial charge in [-0.15, -0.1) is 0 Å². The van der Waals surface area contributed by atoms with Crippen molar-refractivity contribution in [2.75, 3.05) is 25.6 Å². The van der Waals surface area contributed by atoms with E-state index in [2.05, 4.69) is 10.4 Å². The first-order valence-corrected chi connectivity index (χ1v) is 6.61. The SMILES string of the molecule is CN(CC1CCCCO1)C(=O)c1ccnc(NN)c1F. The van der Waals surface area contributed by atoms with Crippen molar-refractivity contribution in [3.63, 3.8) is 0 Å². The van der Waals surface area contributed by atoms with Gasteiger partial charge < -0.3 is 15.1 Å². The molecule has 1 fully saturated rings. The molecule has 1 aromatic heterocycles. The first-order valence-electron chi connectivity index (χ1n) is 6.61. The van der Waals surface area contributed by atoms with Crippen molar-refractivity contribution in [2.24, 2.45) is 5.84 Å². The Bertz CT molecular complexity index is 477. The van der Waals surface area contributed by atoms with Gasteiger partial charge in [0.15, 0.2) is 11.6 Å². The predicted molar refractivity (Wildman–Crippen MR) is 72.6 cm³/mol. The molecule has 1 aliphatic rings. The maximum atomic E-state index is 14.0. The lowest BCUT2D eigenvalue weighted by Gasteiger charge is -2.27. The number of carbonyl (C=O) groups excluding carboxylic acids is 1. The minimum absolute atomic E-state index is 0.0229. The maximum absolute atomic E-state index is 14.0. The summed E-state index contributed by atoms with van der Waals surface area (Å²) in [7, 11) is 1.63. The van der Waals surface area contributed by atoms with Crippen molar-refractivity contribution in [3.8, 4) is 0 Å². The molecule has 0 aromatic carbocycles. The number of carbonyl (C=O) groups is 1. The van der Waals surface area contributed by atoms with Crippen LogP contribution in [-0.2, 0) is 4.74 Å². The fourth-order valence-electron chi connectivity index (χ4n) is 2.25. The molecular formula is C13H19FN4O2. The molecule has 0 spiro atoms. The summed E-state index contributed by atoms with van der Waals surface area (Å²) in [5, 5.41) is 0. The van der Waals surface area contributed by atoms with Crippen molar-refractivity contribution in [1.82, 2.24) is 9.88 Å². The molecule has 0 radical (unpaired) electrons. The summed E-state index contributed by atoms with van der Waals surface area (Å²) in [5.74, 6) is 3.86. The zero-order valence-corrected chi connectivity index (χ0v) is 11.4. The number of halogens is 1. The molecule has 110 valence electrons. The van der Waals surface area contributed by atoms with Crippen LogP contribution >= 0.6 is 0 Å². The standard InChI is InChI=1S/C13H19FN4O2/c1-18(8-9-4-2-3-7-20-9)13(19)10-5-6-16-12(17-15)11(10)14/h5-6,9H,2-4,7-8,15H2,1H3,(H,16,17). The van der Waals surface area contributed by atoms with Gasteiger partial charge in [0.1, 0.15) is 0 Å². The lowest BCUT2D eigenvalue weighted by molar-refractivity contribution is -0.000270. The molecule has 1 unspecified atom stereocenters. The molecule has 1 saturated heterocycles. The van der Waals surface area contributed by atoms with Gasteiger partial charge in [0.2, 0.25) is 0 Å². The van der Waals surface area contributed by atoms with Gasteiger partial charge in [-0.3, -0.25) is 4.79 Å². The van der Waals surface area contributed by atoms with Crippen LogP contribution < -0.4 is 11.3 Å². The van der Waals surface area contributed by atoms with E-state index in [4.69, 9.17) is 10.6 Å². The second kappa shape index (κ2) is 6.62. The third kappa shape index (κ3) is 3.23. The average Bonchev–Trinajstić information content (AvgIpc) is 2.48. The van der Waals surface area contributed by atoms with E-state index >= 15 is 0 Å². The van der Waals surface area contributed by atoms with Gasteiger partial charge >= 0.3 is 0 Å². The van der Waals surface area contributed by atoms with Crippen molar-refractivity contribution in [3.05, 3.63) is 23.6 Å². The Hall–Kier alpha value is -1.73. The maximum Gasteiger partial charge on any atom is 0.256 e. The third-order valence-electron chi connectivity index (χ3n) is 3.35. The van der Waals surface area contributed by atoms with Gasteiger partial charge in [-0.2, -0.15) is 0 Å². The zero-order chi connectivity index (χ0) is 14.5. The number of hydrogen-bond acceptors (Lipinski definition) is 5. The van der Waals surface area contributed by atoms with Gasteiger partial charge in [0, 0.05) is 26.4 Å². The highest BCUT2D eigenvalue weighted by atomic mass is 19.1. The van der Waals surface area contributed by atoms with Crippen LogP contribution in [0.3, 0.4) is 0 Å². The van der Waals surface area contributed by atoms with E-state index in [0.29, 0.717) is 6.54 Å². The smallest absolute Gasteiger partial charge is 0.256 e. The normalized spacial score (nSPS) is 18.6. The van der Waals surface area contributed by atoms with E-state index in [1.165, 1.54) is 17.2 Å². The van der Waals surface area contributed by atoms with E-state index in [1.54, 1.807) is 7.05 Å². The van der Waals surface area contributed by atoms with E-state index < -0.39 is 11.7 Å². The Kier molecular flexibility index (Phi) is 4.86. The van der Waals surface area contributed by atoms with E-state index in [1.807, 2.05) is 0 Å². The van der Waals surface area contributed by atoms with Gasteiger partial charge in [0.25, 0.3) is 5.91 Å². The molecule has 1 atom stereocenters. The fraction of sp³-hybridized carbons (Fsp3) is 0.538. The minimum atomic E-state index is -0.739. The number of pyridine rings is 1. The molecule has 7 heteroatoms. The second-order valence-electron chi connectivity index (χ2n) is 4.84. The average molecular weight is 282 g/mol. The number of nitrogens with two attached hydrogens (primary N) is 1. The molecule has 6 nitrogen and oxygen atoms in total. The van der Waals surface area contributed by atoms with Crippen LogP contribution in [0.5, 0.6) is 0 Å². The summed E-state index contributed by atoms with van der Waals surface area (Å²) < 4.78 is 19.6. The van der Waals surface area contributed by atoms with Crippen molar-refractivity contribution in [1.29, 1.82) is 0 Å². The van der Waals surface area contributed by atoms with Crippen LogP contribution in [0.1, 0.15) is 29.6 Å². The quantitative estimate of drug-likeness (QED) is 0.639. The van der Waals surface area contributed by atoms with Gasteiger partial charge in [-0.1, -0.05) is 0 Å². The zero-order valence-electron chi connectivity index (χ0n) is 11.4. The topological polar surface area (TPSA) is 80.5 Å². The van der Waals surface area contributed by atoms with E-state index in [0.717, 1.165) is 25.9 Å². The lowest BCUT2D eigenvalue weighted by Crippen LogP contribution is -2.37. The Balaban J connectivity index is 2.06. The van der Waals surface area contributed by atoms with Crippen molar-refractivity contribution >= 4 is 11.7 Å². The fourth-order valence-corrected chi connectivity index (χ4v) is 2.25. The highest BCUT2D eigenvalue weighted by molar-refractivity contribution is 5.95. The number of hydrazine groups is 1. The number of amides is 1. The number of ether oxygens (including phenoxy) is 1. The van der Waals surface area contributed by atoms with Crippen LogP contribution in [0.15, 0.2) is 12.3 Å². The van der Waals surface area contributed by atoms with Crippen LogP contribution in [0.2, 0.25) is 0 Å². The van der Waals surface area contributed by atoms with E-state index in [9.17, 15) is 9.18 Å². The van der Waals surface area contributed by atoms with Crippen LogP contribution in [0.4, 0.5) is 10.2 Å². The Morgan fingerprint density at radius 1 is 1.65 bits per heavy atom. The molecule has 2 heterocycles. The molecule has 0 bridgehead atoms. The van der Waals surface area contributed by atoms with Crippen LogP contribution in [-0.4, -0.2) is 42.1 Å². The van der Waals surface area contributed by atoms with Gasteiger partial charge in [-0.05, 0) is 25.3 Å². The molecule has 0 saturated carbocycles. The van der Waals surface area contributed by atoms with E-state index in [-0.39, 0.29) is 17.5 Å². The van der Waals surface area contributed by atoms with Gasteiger partial charge in [-0.25, -0.2) is 15.2 Å². The molecule has 3 N–H and O–H groups in total. The first-order chi connectivity index (χ1) is 9.63. The summed E-state index contributed by atoms with van der Waals surface area (Å²) in [6, 6.07) is 1.34. The molecule has 2 rings (SSSR count). The summed E-state index contributed by atoms with van der Waals surface area (Å²) in [4.78, 5) is 17.4. The molecule has 0 aliphatic carbocycles. The summed E-state index contributed by atoms with van der Waals surface area (Å²) in [5.41, 5.74) is 2.08. The number of nitrogens with one attached hydrogen (secondary N) is 1. The highest BCUT2D eigenvalue weighted by Crippen LogP contribution is 2.18. The Morgan fingerprint density at radius 2 is 2.45 bits per heavy atom. The predicted octanol–water partition coefficient (Wildman–Crippen LogP) is 1.15. The highest BCUT2D eigenvalue weighted by Gasteiger charge is 2.23. The number of anilines is 1. The molecule has 20 heavy (non-hydrogen) atoms. The van der Waals surface area contributed by atoms with Crippen molar-refractivity contribution < 1.29 is 13.9 Å². The summed E-state index contributed by atoms with van der Waals surface area (Å²) >= 11 is 0. The molecule has 1 aliphatic heterocycles. The van der Waals surface area contributed by atoms with Crippen LogP contribution in [0, 0.1) is 5.82 Å². The van der Waals surface area contributed by atoms with Crippen LogP contribution in [0.25, 0.3) is 0 Å². The van der Waals surface area contributed by atoms with Crippen molar-refractivity contribution in [2.45, 2.75) is 25.4 Å². The number of aromatic nitrogens is 1. The minimum Gasteiger partial charge on any atom is -0.376 e. The molecule has 1 amide bonds. The monoisotopic (exact) mass is 282 g/mol. The lowest BCUT2D eigenvalue weighted by atomic mass is 10.1. The number of likely N-dealkylation sites (N-methyl/N-ethyl adjacent to an activating group) is 1. The summed E-state index contributed by atoms with van der Waals surface area (Å²) in [6.07, 6.45) is 4.44. The van der Waals surface area contributed by atoms with Gasteiger partial charge in [0.05, 0.1) is 11.7 Å². The Morgan fingerprint density at radius 3 is 3.10 bits per heavy atom. The number of hydrogen-bond donors (Lipinski definition) is 2. The Labute approximate surface area is 117 Å². The largest absolute Gasteiger partial charge is 0.376 e.